The van der Waals surface area contributed by atoms with Gasteiger partial charge in [-0.15, -0.1) is 0 Å². The Balaban J connectivity index is 2.23. The number of aromatic nitrogens is 2. The van der Waals surface area contributed by atoms with Crippen LogP contribution in [-0.4, -0.2) is 16.5 Å². The van der Waals surface area contributed by atoms with E-state index in [0.29, 0.717) is 12.0 Å². The fraction of sp³-hybridized carbons (Fsp3) is 0.357. The molecule has 0 aliphatic carbocycles. The van der Waals surface area contributed by atoms with Crippen molar-refractivity contribution in [3.63, 3.8) is 0 Å². The third-order valence-corrected chi connectivity index (χ3v) is 3.24. The van der Waals surface area contributed by atoms with Crippen LogP contribution >= 0.6 is 11.6 Å². The molecule has 1 atom stereocenters. The average molecular weight is 282 g/mol. The van der Waals surface area contributed by atoms with Gasteiger partial charge in [-0.1, -0.05) is 30.7 Å². The molecule has 102 valence electrons. The van der Waals surface area contributed by atoms with Gasteiger partial charge in [0.25, 0.3) is 0 Å². The maximum absolute atomic E-state index is 14.1. The molecule has 1 aromatic carbocycles. The van der Waals surface area contributed by atoms with Gasteiger partial charge in [0.05, 0.1) is 5.02 Å². The molecule has 0 aliphatic heterocycles. The zero-order valence-corrected chi connectivity index (χ0v) is 11.5. The third kappa shape index (κ3) is 3.55. The molecule has 0 saturated carbocycles. The second-order valence-electron chi connectivity index (χ2n) is 4.39. The zero-order chi connectivity index (χ0) is 13.7. The van der Waals surface area contributed by atoms with E-state index in [4.69, 9.17) is 11.6 Å². The highest BCUT2D eigenvalue weighted by molar-refractivity contribution is 6.30. The van der Waals surface area contributed by atoms with Crippen LogP contribution in [0.1, 0.15) is 30.8 Å². The number of hydrogen-bond acceptors (Lipinski definition) is 2. The lowest BCUT2D eigenvalue weighted by Crippen LogP contribution is -2.25. The predicted molar refractivity (Wildman–Crippen MR) is 74.7 cm³/mol. The van der Waals surface area contributed by atoms with E-state index in [-0.39, 0.29) is 16.9 Å². The summed E-state index contributed by atoms with van der Waals surface area (Å²) in [5.41, 5.74) is 0.581. The molecular weight excluding hydrogens is 265 g/mol. The van der Waals surface area contributed by atoms with E-state index in [1.165, 1.54) is 0 Å². The highest BCUT2D eigenvalue weighted by Gasteiger charge is 2.18. The number of aromatic amines is 1. The van der Waals surface area contributed by atoms with E-state index < -0.39 is 0 Å². The van der Waals surface area contributed by atoms with E-state index in [0.717, 1.165) is 18.8 Å². The smallest absolute Gasteiger partial charge is 0.146 e. The SMILES string of the molecule is CCCNC(Cc1ncc[nH]1)c1cccc(Cl)c1F. The second-order valence-corrected chi connectivity index (χ2v) is 4.80. The Bertz CT molecular complexity index is 513. The topological polar surface area (TPSA) is 40.7 Å². The number of hydrogen-bond donors (Lipinski definition) is 2. The number of benzene rings is 1. The molecule has 1 heterocycles. The van der Waals surface area contributed by atoms with Gasteiger partial charge in [0.1, 0.15) is 11.6 Å². The molecule has 0 saturated heterocycles. The van der Waals surface area contributed by atoms with E-state index in [9.17, 15) is 4.39 Å². The Morgan fingerprint density at radius 3 is 3.00 bits per heavy atom. The molecule has 0 amide bonds. The van der Waals surface area contributed by atoms with Crippen LogP contribution in [0.4, 0.5) is 4.39 Å². The fourth-order valence-electron chi connectivity index (χ4n) is 2.00. The number of imidazole rings is 1. The highest BCUT2D eigenvalue weighted by atomic mass is 35.5. The minimum atomic E-state index is -0.357. The van der Waals surface area contributed by atoms with Gasteiger partial charge >= 0.3 is 0 Å². The quantitative estimate of drug-likeness (QED) is 0.851. The van der Waals surface area contributed by atoms with Crippen molar-refractivity contribution >= 4 is 11.6 Å². The van der Waals surface area contributed by atoms with Gasteiger partial charge in [0, 0.05) is 30.4 Å². The van der Waals surface area contributed by atoms with Crippen molar-refractivity contribution in [2.24, 2.45) is 0 Å². The Morgan fingerprint density at radius 2 is 2.32 bits per heavy atom. The van der Waals surface area contributed by atoms with Crippen molar-refractivity contribution in [2.45, 2.75) is 25.8 Å². The lowest BCUT2D eigenvalue weighted by atomic mass is 10.0. The van der Waals surface area contributed by atoms with Crippen LogP contribution in [-0.2, 0) is 6.42 Å². The predicted octanol–water partition coefficient (Wildman–Crippen LogP) is 3.49. The number of halogens is 2. The summed E-state index contributed by atoms with van der Waals surface area (Å²) in [6.07, 6.45) is 5.04. The molecule has 0 radical (unpaired) electrons. The Morgan fingerprint density at radius 1 is 1.47 bits per heavy atom. The van der Waals surface area contributed by atoms with Crippen molar-refractivity contribution in [2.75, 3.05) is 6.54 Å². The molecule has 1 aromatic heterocycles. The molecule has 5 heteroatoms. The normalized spacial score (nSPS) is 12.6. The van der Waals surface area contributed by atoms with E-state index in [1.54, 1.807) is 30.6 Å². The second kappa shape index (κ2) is 6.68. The van der Waals surface area contributed by atoms with Gasteiger partial charge in [0.2, 0.25) is 0 Å². The summed E-state index contributed by atoms with van der Waals surface area (Å²) in [6, 6.07) is 4.95. The number of nitrogens with zero attached hydrogens (tertiary/aromatic N) is 1. The molecule has 2 N–H and O–H groups in total. The maximum atomic E-state index is 14.1. The minimum Gasteiger partial charge on any atom is -0.349 e. The standard InChI is InChI=1S/C14H17ClFN3/c1-2-6-17-12(9-13-18-7-8-19-13)10-4-3-5-11(15)14(10)16/h3-5,7-8,12,17H,2,6,9H2,1H3,(H,18,19). The molecule has 2 aromatic rings. The Labute approximate surface area is 117 Å². The first-order valence-electron chi connectivity index (χ1n) is 6.38. The van der Waals surface area contributed by atoms with Gasteiger partial charge in [-0.2, -0.15) is 0 Å². The molecule has 0 spiro atoms. The van der Waals surface area contributed by atoms with Crippen LogP contribution in [0, 0.1) is 5.82 Å². The Kier molecular flexibility index (Phi) is 4.93. The molecule has 0 fully saturated rings. The molecule has 19 heavy (non-hydrogen) atoms. The largest absolute Gasteiger partial charge is 0.349 e. The van der Waals surface area contributed by atoms with E-state index >= 15 is 0 Å². The van der Waals surface area contributed by atoms with Gasteiger partial charge < -0.3 is 10.3 Å². The number of nitrogens with one attached hydrogen (secondary N) is 2. The van der Waals surface area contributed by atoms with Crippen LogP contribution < -0.4 is 5.32 Å². The lowest BCUT2D eigenvalue weighted by Gasteiger charge is -2.19. The summed E-state index contributed by atoms with van der Waals surface area (Å²) in [5, 5.41) is 3.49. The van der Waals surface area contributed by atoms with Gasteiger partial charge in [-0.3, -0.25) is 0 Å². The summed E-state index contributed by atoms with van der Waals surface area (Å²) in [7, 11) is 0. The van der Waals surface area contributed by atoms with Gasteiger partial charge in [-0.25, -0.2) is 9.37 Å². The molecule has 0 aliphatic rings. The van der Waals surface area contributed by atoms with Crippen molar-refractivity contribution in [3.05, 3.63) is 52.8 Å². The summed E-state index contributed by atoms with van der Waals surface area (Å²) < 4.78 is 14.1. The van der Waals surface area contributed by atoms with Crippen molar-refractivity contribution < 1.29 is 4.39 Å². The number of H-pyrrole nitrogens is 1. The first kappa shape index (κ1) is 14.0. The highest BCUT2D eigenvalue weighted by Crippen LogP contribution is 2.25. The Hall–Kier alpha value is -1.39. The molecular formula is C14H17ClFN3. The van der Waals surface area contributed by atoms with Crippen LogP contribution in [0.3, 0.4) is 0 Å². The fourth-order valence-corrected chi connectivity index (χ4v) is 2.19. The average Bonchev–Trinajstić information content (AvgIpc) is 2.91. The van der Waals surface area contributed by atoms with E-state index in [2.05, 4.69) is 22.2 Å². The summed E-state index contributed by atoms with van der Waals surface area (Å²) >= 11 is 5.85. The first-order chi connectivity index (χ1) is 9.22. The minimum absolute atomic E-state index is 0.134. The first-order valence-corrected chi connectivity index (χ1v) is 6.75. The molecule has 0 bridgehead atoms. The molecule has 3 nitrogen and oxygen atoms in total. The third-order valence-electron chi connectivity index (χ3n) is 2.95. The summed E-state index contributed by atoms with van der Waals surface area (Å²) in [4.78, 5) is 7.23. The maximum Gasteiger partial charge on any atom is 0.146 e. The van der Waals surface area contributed by atoms with Crippen LogP contribution in [0.15, 0.2) is 30.6 Å². The van der Waals surface area contributed by atoms with Gasteiger partial charge in [0.15, 0.2) is 0 Å². The number of rotatable bonds is 6. The van der Waals surface area contributed by atoms with E-state index in [1.807, 2.05) is 0 Å². The molecule has 1 unspecified atom stereocenters. The monoisotopic (exact) mass is 281 g/mol. The zero-order valence-electron chi connectivity index (χ0n) is 10.8. The van der Waals surface area contributed by atoms with Gasteiger partial charge in [-0.05, 0) is 19.0 Å². The van der Waals surface area contributed by atoms with Crippen LogP contribution in [0.5, 0.6) is 0 Å². The van der Waals surface area contributed by atoms with Crippen LogP contribution in [0.25, 0.3) is 0 Å². The lowest BCUT2D eigenvalue weighted by molar-refractivity contribution is 0.490. The van der Waals surface area contributed by atoms with Crippen LogP contribution in [0.2, 0.25) is 5.02 Å². The van der Waals surface area contributed by atoms with Crippen molar-refractivity contribution in [1.82, 2.24) is 15.3 Å². The summed E-state index contributed by atoms with van der Waals surface area (Å²) in [5.74, 6) is 0.470. The van der Waals surface area contributed by atoms with Crippen molar-refractivity contribution in [1.29, 1.82) is 0 Å². The molecule has 2 rings (SSSR count). The summed E-state index contributed by atoms with van der Waals surface area (Å²) in [6.45, 7) is 2.89. The van der Waals surface area contributed by atoms with Crippen molar-refractivity contribution in [3.8, 4) is 0 Å².